The summed E-state index contributed by atoms with van der Waals surface area (Å²) in [5, 5.41) is 2.79. The third-order valence-corrected chi connectivity index (χ3v) is 6.74. The second-order valence-corrected chi connectivity index (χ2v) is 9.32. The van der Waals surface area contributed by atoms with Crippen LogP contribution in [-0.2, 0) is 21.4 Å². The monoisotopic (exact) mass is 430 g/mol. The van der Waals surface area contributed by atoms with Crippen LogP contribution in [0.3, 0.4) is 0 Å². The van der Waals surface area contributed by atoms with Gasteiger partial charge in [-0.15, -0.1) is 11.8 Å². The van der Waals surface area contributed by atoms with Crippen LogP contribution >= 0.6 is 11.8 Å². The second kappa shape index (κ2) is 9.30. The lowest BCUT2D eigenvalue weighted by atomic mass is 10.2. The molecule has 0 aliphatic rings. The molecule has 6 nitrogen and oxygen atoms in total. The number of sulfonamides is 1. The average Bonchev–Trinajstić information content (AvgIpc) is 3.21. The van der Waals surface area contributed by atoms with Crippen molar-refractivity contribution in [1.29, 1.82) is 0 Å². The number of anilines is 1. The van der Waals surface area contributed by atoms with E-state index in [9.17, 15) is 13.2 Å². The van der Waals surface area contributed by atoms with Crippen LogP contribution in [0, 0.1) is 13.8 Å². The van der Waals surface area contributed by atoms with Crippen LogP contribution in [0.15, 0.2) is 75.1 Å². The van der Waals surface area contributed by atoms with Gasteiger partial charge in [0.1, 0.15) is 5.76 Å². The first-order valence-corrected chi connectivity index (χ1v) is 11.4. The first-order valence-electron chi connectivity index (χ1n) is 8.95. The molecule has 0 saturated carbocycles. The van der Waals surface area contributed by atoms with Gasteiger partial charge in [0.05, 0.1) is 23.5 Å². The molecule has 0 fully saturated rings. The first kappa shape index (κ1) is 21.2. The van der Waals surface area contributed by atoms with Crippen LogP contribution in [0.1, 0.15) is 16.9 Å². The fourth-order valence-electron chi connectivity index (χ4n) is 2.58. The van der Waals surface area contributed by atoms with Gasteiger partial charge in [0.25, 0.3) is 0 Å². The average molecular weight is 431 g/mol. The van der Waals surface area contributed by atoms with Crippen molar-refractivity contribution < 1.29 is 17.6 Å². The zero-order valence-electron chi connectivity index (χ0n) is 16.1. The first-order chi connectivity index (χ1) is 13.8. The van der Waals surface area contributed by atoms with Gasteiger partial charge in [-0.05, 0) is 61.9 Å². The van der Waals surface area contributed by atoms with Gasteiger partial charge in [-0.25, -0.2) is 13.1 Å². The molecule has 0 spiro atoms. The summed E-state index contributed by atoms with van der Waals surface area (Å²) in [6.45, 7) is 4.10. The minimum atomic E-state index is -3.66. The van der Waals surface area contributed by atoms with Gasteiger partial charge >= 0.3 is 0 Å². The summed E-state index contributed by atoms with van der Waals surface area (Å²) in [4.78, 5) is 13.4. The van der Waals surface area contributed by atoms with E-state index in [-0.39, 0.29) is 23.1 Å². The number of amides is 1. The molecule has 2 N–H and O–H groups in total. The van der Waals surface area contributed by atoms with E-state index in [0.29, 0.717) is 11.4 Å². The molecule has 0 aliphatic carbocycles. The predicted molar refractivity (Wildman–Crippen MR) is 114 cm³/mol. The number of aryl methyl sites for hydroxylation is 2. The quantitative estimate of drug-likeness (QED) is 0.525. The number of carbonyl (C=O) groups is 1. The molecule has 1 heterocycles. The molecule has 0 unspecified atom stereocenters. The Balaban J connectivity index is 1.55. The summed E-state index contributed by atoms with van der Waals surface area (Å²) in [6, 6.07) is 15.6. The Labute approximate surface area is 174 Å². The number of carbonyl (C=O) groups excluding carboxylic acids is 1. The Bertz CT molecular complexity index is 1080. The largest absolute Gasteiger partial charge is 0.468 e. The molecule has 0 radical (unpaired) electrons. The Kier molecular flexibility index (Phi) is 6.79. The van der Waals surface area contributed by atoms with Crippen molar-refractivity contribution in [3.63, 3.8) is 0 Å². The lowest BCUT2D eigenvalue weighted by molar-refractivity contribution is -0.113. The SMILES string of the molecule is Cc1ccc(C)c(SCC(=O)Nc2ccc(S(=O)(=O)NCc3ccco3)cc2)c1. The molecule has 0 saturated heterocycles. The van der Waals surface area contributed by atoms with Crippen LogP contribution in [0.25, 0.3) is 0 Å². The smallest absolute Gasteiger partial charge is 0.240 e. The zero-order valence-corrected chi connectivity index (χ0v) is 17.8. The maximum absolute atomic E-state index is 12.3. The molecule has 8 heteroatoms. The van der Waals surface area contributed by atoms with E-state index >= 15 is 0 Å². The van der Waals surface area contributed by atoms with E-state index in [1.165, 1.54) is 30.2 Å². The maximum atomic E-state index is 12.3. The summed E-state index contributed by atoms with van der Waals surface area (Å²) in [6.07, 6.45) is 1.49. The Morgan fingerprint density at radius 1 is 1.07 bits per heavy atom. The minimum Gasteiger partial charge on any atom is -0.468 e. The van der Waals surface area contributed by atoms with Crippen LogP contribution in [0.2, 0.25) is 0 Å². The van der Waals surface area contributed by atoms with Crippen LogP contribution in [-0.4, -0.2) is 20.1 Å². The van der Waals surface area contributed by atoms with Crippen molar-refractivity contribution in [1.82, 2.24) is 4.72 Å². The van der Waals surface area contributed by atoms with Gasteiger partial charge < -0.3 is 9.73 Å². The van der Waals surface area contributed by atoms with Gasteiger partial charge in [-0.1, -0.05) is 17.7 Å². The number of benzene rings is 2. The molecule has 152 valence electrons. The fourth-order valence-corrected chi connectivity index (χ4v) is 4.50. The van der Waals surface area contributed by atoms with Crippen molar-refractivity contribution in [2.45, 2.75) is 30.2 Å². The van der Waals surface area contributed by atoms with E-state index in [4.69, 9.17) is 4.42 Å². The second-order valence-electron chi connectivity index (χ2n) is 6.53. The van der Waals surface area contributed by atoms with Gasteiger partial charge in [0.15, 0.2) is 0 Å². The number of hydrogen-bond acceptors (Lipinski definition) is 5. The summed E-state index contributed by atoms with van der Waals surface area (Å²) in [5.41, 5.74) is 2.82. The van der Waals surface area contributed by atoms with E-state index < -0.39 is 10.0 Å². The Hall–Kier alpha value is -2.55. The number of furan rings is 1. The summed E-state index contributed by atoms with van der Waals surface area (Å²) < 4.78 is 32.3. The summed E-state index contributed by atoms with van der Waals surface area (Å²) in [7, 11) is -3.66. The van der Waals surface area contributed by atoms with E-state index in [0.717, 1.165) is 16.0 Å². The lowest BCUT2D eigenvalue weighted by Gasteiger charge is -2.09. The van der Waals surface area contributed by atoms with Crippen molar-refractivity contribution in [3.05, 3.63) is 77.7 Å². The standard InChI is InChI=1S/C21H22N2O4S2/c1-15-5-6-16(2)20(12-15)28-14-21(24)23-17-7-9-19(10-8-17)29(25,26)22-13-18-4-3-11-27-18/h3-12,22H,13-14H2,1-2H3,(H,23,24). The van der Waals surface area contributed by atoms with Crippen LogP contribution < -0.4 is 10.0 Å². The Morgan fingerprint density at radius 2 is 1.83 bits per heavy atom. The molecule has 0 bridgehead atoms. The highest BCUT2D eigenvalue weighted by atomic mass is 32.2. The molecule has 29 heavy (non-hydrogen) atoms. The molecule has 3 aromatic rings. The minimum absolute atomic E-state index is 0.0728. The molecular weight excluding hydrogens is 408 g/mol. The highest BCUT2D eigenvalue weighted by molar-refractivity contribution is 8.00. The van der Waals surface area contributed by atoms with E-state index in [2.05, 4.69) is 16.1 Å². The highest BCUT2D eigenvalue weighted by Gasteiger charge is 2.14. The van der Waals surface area contributed by atoms with Crippen LogP contribution in [0.5, 0.6) is 0 Å². The lowest BCUT2D eigenvalue weighted by Crippen LogP contribution is -2.23. The fraction of sp³-hybridized carbons (Fsp3) is 0.190. The van der Waals surface area contributed by atoms with Gasteiger partial charge in [0, 0.05) is 10.6 Å². The molecular formula is C21H22N2O4S2. The van der Waals surface area contributed by atoms with E-state index in [1.807, 2.05) is 26.0 Å². The topological polar surface area (TPSA) is 88.4 Å². The summed E-state index contributed by atoms with van der Waals surface area (Å²) in [5.74, 6) is 0.649. The molecule has 1 amide bonds. The highest BCUT2D eigenvalue weighted by Crippen LogP contribution is 2.24. The van der Waals surface area contributed by atoms with Crippen LogP contribution in [0.4, 0.5) is 5.69 Å². The van der Waals surface area contributed by atoms with Crippen molar-refractivity contribution in [3.8, 4) is 0 Å². The van der Waals surface area contributed by atoms with Crippen molar-refractivity contribution in [2.75, 3.05) is 11.1 Å². The van der Waals surface area contributed by atoms with E-state index in [1.54, 1.807) is 24.3 Å². The molecule has 0 aliphatic heterocycles. The molecule has 2 aromatic carbocycles. The molecule has 0 atom stereocenters. The number of thioether (sulfide) groups is 1. The molecule has 1 aromatic heterocycles. The van der Waals surface area contributed by atoms with Crippen molar-refractivity contribution >= 4 is 33.4 Å². The van der Waals surface area contributed by atoms with Crippen molar-refractivity contribution in [2.24, 2.45) is 0 Å². The Morgan fingerprint density at radius 3 is 2.52 bits per heavy atom. The van der Waals surface area contributed by atoms with Gasteiger partial charge in [-0.2, -0.15) is 0 Å². The third-order valence-electron chi connectivity index (χ3n) is 4.17. The van der Waals surface area contributed by atoms with Gasteiger partial charge in [0.2, 0.25) is 15.9 Å². The van der Waals surface area contributed by atoms with Gasteiger partial charge in [-0.3, -0.25) is 4.79 Å². The number of nitrogens with one attached hydrogen (secondary N) is 2. The number of rotatable bonds is 8. The molecule has 3 rings (SSSR count). The zero-order chi connectivity index (χ0) is 20.9. The predicted octanol–water partition coefficient (Wildman–Crippen LogP) is 4.11. The maximum Gasteiger partial charge on any atom is 0.240 e. The third kappa shape index (κ3) is 5.96. The normalized spacial score (nSPS) is 11.4. The summed E-state index contributed by atoms with van der Waals surface area (Å²) >= 11 is 1.47. The number of hydrogen-bond donors (Lipinski definition) is 2.